The fourth-order valence-electron chi connectivity index (χ4n) is 3.97. The lowest BCUT2D eigenvalue weighted by atomic mass is 9.93. The summed E-state index contributed by atoms with van der Waals surface area (Å²) in [5.74, 6) is 0. The fraction of sp³-hybridized carbons (Fsp3) is 0.148. The Kier molecular flexibility index (Phi) is 4.83. The smallest absolute Gasteiger partial charge is 0.201 e. The Hall–Kier alpha value is -3.19. The molecule has 0 aliphatic rings. The molecule has 0 N–H and O–H groups in total. The minimum atomic E-state index is 1.23. The zero-order chi connectivity index (χ0) is 19.7. The van der Waals surface area contributed by atoms with Gasteiger partial charge in [0.15, 0.2) is 6.20 Å². The maximum atomic E-state index is 2.33. The number of hydrogen-bond acceptors (Lipinski definition) is 0. The van der Waals surface area contributed by atoms with Crippen molar-refractivity contribution in [2.75, 3.05) is 0 Å². The predicted molar refractivity (Wildman–Crippen MR) is 118 cm³/mol. The molecule has 0 atom stereocenters. The zero-order valence-electron chi connectivity index (χ0n) is 17.0. The largest absolute Gasteiger partial charge is 0.213 e. The number of benzene rings is 3. The van der Waals surface area contributed by atoms with Crippen molar-refractivity contribution in [2.24, 2.45) is 7.05 Å². The summed E-state index contributed by atoms with van der Waals surface area (Å²) in [5, 5.41) is 0. The Bertz CT molecular complexity index is 1120. The van der Waals surface area contributed by atoms with Gasteiger partial charge in [-0.25, -0.2) is 4.57 Å². The van der Waals surface area contributed by atoms with E-state index in [1.165, 1.54) is 50.2 Å². The minimum Gasteiger partial charge on any atom is -0.201 e. The summed E-state index contributed by atoms with van der Waals surface area (Å²) in [6.45, 7) is 6.57. The molecule has 0 saturated carbocycles. The second-order valence-electron chi connectivity index (χ2n) is 7.57. The second-order valence-corrected chi connectivity index (χ2v) is 7.57. The molecule has 1 heteroatoms. The fourth-order valence-corrected chi connectivity index (χ4v) is 3.97. The zero-order valence-corrected chi connectivity index (χ0v) is 17.0. The van der Waals surface area contributed by atoms with E-state index in [2.05, 4.69) is 117 Å². The van der Waals surface area contributed by atoms with Crippen molar-refractivity contribution >= 4 is 0 Å². The van der Waals surface area contributed by atoms with Crippen LogP contribution in [0.2, 0.25) is 0 Å². The standard InChI is InChI=1S/C27H26N/c1-19-13-14-23(22-11-6-5-7-12-22)17-25(19)26-18-24(15-16-28(26)4)27-20(2)9-8-10-21(27)3/h5-18H,1-4H3/q+1. The Labute approximate surface area is 167 Å². The number of nitrogens with zero attached hydrogens (tertiary/aromatic N) is 1. The van der Waals surface area contributed by atoms with Crippen LogP contribution in [-0.4, -0.2) is 0 Å². The molecule has 138 valence electrons. The number of rotatable bonds is 3. The summed E-state index contributed by atoms with van der Waals surface area (Å²) in [6, 6.07) is 28.4. The van der Waals surface area contributed by atoms with E-state index in [-0.39, 0.29) is 0 Å². The maximum absolute atomic E-state index is 2.33. The first-order valence-electron chi connectivity index (χ1n) is 9.77. The highest BCUT2D eigenvalue weighted by molar-refractivity contribution is 5.77. The van der Waals surface area contributed by atoms with Gasteiger partial charge in [0.1, 0.15) is 7.05 Å². The monoisotopic (exact) mass is 364 g/mol. The predicted octanol–water partition coefficient (Wildman–Crippen LogP) is 6.44. The third-order valence-corrected chi connectivity index (χ3v) is 5.54. The van der Waals surface area contributed by atoms with Crippen molar-refractivity contribution in [2.45, 2.75) is 20.8 Å². The summed E-state index contributed by atoms with van der Waals surface area (Å²) in [5.41, 5.74) is 11.5. The summed E-state index contributed by atoms with van der Waals surface area (Å²) in [7, 11) is 2.12. The molecule has 0 saturated heterocycles. The highest BCUT2D eigenvalue weighted by Crippen LogP contribution is 2.32. The number of pyridine rings is 1. The van der Waals surface area contributed by atoms with Gasteiger partial charge in [0.2, 0.25) is 5.69 Å². The molecule has 4 aromatic rings. The van der Waals surface area contributed by atoms with Crippen LogP contribution in [0.1, 0.15) is 16.7 Å². The molecule has 4 rings (SSSR count). The summed E-state index contributed by atoms with van der Waals surface area (Å²) < 4.78 is 2.22. The first kappa shape index (κ1) is 18.2. The Morgan fingerprint density at radius 3 is 2.00 bits per heavy atom. The SMILES string of the molecule is Cc1ccc(-c2ccccc2)cc1-c1cc(-c2c(C)cccc2C)cc[n+]1C. The van der Waals surface area contributed by atoms with Gasteiger partial charge in [-0.3, -0.25) is 0 Å². The van der Waals surface area contributed by atoms with E-state index >= 15 is 0 Å². The number of aryl methyl sites for hydroxylation is 4. The van der Waals surface area contributed by atoms with Gasteiger partial charge in [-0.05, 0) is 65.8 Å². The van der Waals surface area contributed by atoms with E-state index in [1.54, 1.807) is 0 Å². The van der Waals surface area contributed by atoms with Crippen molar-refractivity contribution in [3.63, 3.8) is 0 Å². The molecule has 1 aromatic heterocycles. The van der Waals surface area contributed by atoms with Gasteiger partial charge in [-0.1, -0.05) is 60.7 Å². The molecule has 0 amide bonds. The summed E-state index contributed by atoms with van der Waals surface area (Å²) >= 11 is 0. The molecule has 0 fully saturated rings. The second kappa shape index (κ2) is 7.44. The highest BCUT2D eigenvalue weighted by atomic mass is 14.9. The van der Waals surface area contributed by atoms with Crippen LogP contribution in [0, 0.1) is 20.8 Å². The van der Waals surface area contributed by atoms with E-state index in [1.807, 2.05) is 0 Å². The Morgan fingerprint density at radius 1 is 0.571 bits per heavy atom. The third-order valence-electron chi connectivity index (χ3n) is 5.54. The lowest BCUT2D eigenvalue weighted by Gasteiger charge is -2.12. The summed E-state index contributed by atoms with van der Waals surface area (Å²) in [4.78, 5) is 0. The van der Waals surface area contributed by atoms with Gasteiger partial charge in [0.05, 0.1) is 0 Å². The van der Waals surface area contributed by atoms with Gasteiger partial charge in [-0.15, -0.1) is 0 Å². The van der Waals surface area contributed by atoms with Crippen molar-refractivity contribution in [1.82, 2.24) is 0 Å². The normalized spacial score (nSPS) is 10.9. The van der Waals surface area contributed by atoms with Crippen molar-refractivity contribution in [3.8, 4) is 33.5 Å². The third kappa shape index (κ3) is 3.36. The molecule has 0 spiro atoms. The Morgan fingerprint density at radius 2 is 1.29 bits per heavy atom. The van der Waals surface area contributed by atoms with E-state index in [9.17, 15) is 0 Å². The number of aromatic nitrogens is 1. The topological polar surface area (TPSA) is 3.88 Å². The average molecular weight is 365 g/mol. The molecular formula is C27H26N+. The van der Waals surface area contributed by atoms with Crippen LogP contribution in [-0.2, 0) is 7.05 Å². The highest BCUT2D eigenvalue weighted by Gasteiger charge is 2.16. The molecule has 0 bridgehead atoms. The van der Waals surface area contributed by atoms with Crippen LogP contribution in [0.25, 0.3) is 33.5 Å². The van der Waals surface area contributed by atoms with E-state index in [4.69, 9.17) is 0 Å². The molecule has 28 heavy (non-hydrogen) atoms. The minimum absolute atomic E-state index is 1.23. The average Bonchev–Trinajstić information content (AvgIpc) is 2.70. The van der Waals surface area contributed by atoms with E-state index < -0.39 is 0 Å². The van der Waals surface area contributed by atoms with Crippen molar-refractivity contribution in [3.05, 3.63) is 102 Å². The van der Waals surface area contributed by atoms with Gasteiger partial charge in [-0.2, -0.15) is 0 Å². The molecule has 0 unspecified atom stereocenters. The molecule has 0 aliphatic carbocycles. The Balaban J connectivity index is 1.88. The van der Waals surface area contributed by atoms with Crippen molar-refractivity contribution < 1.29 is 4.57 Å². The number of hydrogen-bond donors (Lipinski definition) is 0. The van der Waals surface area contributed by atoms with E-state index in [0.29, 0.717) is 0 Å². The van der Waals surface area contributed by atoms with Crippen molar-refractivity contribution in [1.29, 1.82) is 0 Å². The first-order chi connectivity index (χ1) is 13.5. The quantitative estimate of drug-likeness (QED) is 0.368. The van der Waals surface area contributed by atoms with E-state index in [0.717, 1.165) is 0 Å². The van der Waals surface area contributed by atoms with Gasteiger partial charge < -0.3 is 0 Å². The van der Waals surface area contributed by atoms with Gasteiger partial charge in [0, 0.05) is 17.7 Å². The summed E-state index contributed by atoms with van der Waals surface area (Å²) in [6.07, 6.45) is 2.17. The lowest BCUT2D eigenvalue weighted by molar-refractivity contribution is -0.660. The van der Waals surface area contributed by atoms with Crippen LogP contribution in [0.15, 0.2) is 85.1 Å². The van der Waals surface area contributed by atoms with Crippen LogP contribution >= 0.6 is 0 Å². The van der Waals surface area contributed by atoms with Gasteiger partial charge in [0.25, 0.3) is 0 Å². The van der Waals surface area contributed by atoms with Crippen LogP contribution < -0.4 is 4.57 Å². The van der Waals surface area contributed by atoms with Crippen LogP contribution in [0.4, 0.5) is 0 Å². The van der Waals surface area contributed by atoms with Gasteiger partial charge >= 0.3 is 0 Å². The van der Waals surface area contributed by atoms with Crippen LogP contribution in [0.5, 0.6) is 0 Å². The van der Waals surface area contributed by atoms with Crippen LogP contribution in [0.3, 0.4) is 0 Å². The molecule has 1 heterocycles. The molecule has 0 aliphatic heterocycles. The molecule has 0 radical (unpaired) electrons. The lowest BCUT2D eigenvalue weighted by Crippen LogP contribution is -2.30. The molecular weight excluding hydrogens is 338 g/mol. The first-order valence-corrected chi connectivity index (χ1v) is 9.77. The molecule has 1 nitrogen and oxygen atoms in total. The maximum Gasteiger partial charge on any atom is 0.213 e. The molecule has 3 aromatic carbocycles.